The molecule has 2 amide bonds. The van der Waals surface area contributed by atoms with Crippen LogP contribution in [0.1, 0.15) is 36.1 Å². The van der Waals surface area contributed by atoms with E-state index in [9.17, 15) is 10.1 Å². The number of carbonyl (C=O) groups is 1. The summed E-state index contributed by atoms with van der Waals surface area (Å²) >= 11 is 5.80. The van der Waals surface area contributed by atoms with E-state index in [0.29, 0.717) is 57.3 Å². The first-order valence-electron chi connectivity index (χ1n) is 15.6. The van der Waals surface area contributed by atoms with Gasteiger partial charge in [0.25, 0.3) is 0 Å². The lowest BCUT2D eigenvalue weighted by Gasteiger charge is -2.42. The Balaban J connectivity index is 1.31. The summed E-state index contributed by atoms with van der Waals surface area (Å²) in [5, 5.41) is 15.0. The van der Waals surface area contributed by atoms with Crippen LogP contribution in [-0.4, -0.2) is 96.7 Å². The molecule has 3 aromatic rings. The van der Waals surface area contributed by atoms with Crippen molar-refractivity contribution in [2.75, 3.05) is 68.6 Å². The first-order valence-corrected chi connectivity index (χ1v) is 16.2. The number of hydrogen-bond donors (Lipinski definition) is 1. The molecule has 4 heterocycles. The van der Waals surface area contributed by atoms with Gasteiger partial charge < -0.3 is 29.7 Å². The number of alkyl halides is 1. The molecule has 0 spiro atoms. The molecule has 0 saturated carbocycles. The minimum atomic E-state index is -0.259. The zero-order valence-electron chi connectivity index (χ0n) is 25.6. The highest BCUT2D eigenvalue weighted by Gasteiger charge is 2.34. The molecule has 2 unspecified atom stereocenters. The average molecular weight is 617 g/mol. The predicted molar refractivity (Wildman–Crippen MR) is 174 cm³/mol. The number of nitrogens with one attached hydrogen (secondary N) is 1. The number of anilines is 2. The highest BCUT2D eigenvalue weighted by Crippen LogP contribution is 2.36. The summed E-state index contributed by atoms with van der Waals surface area (Å²) in [4.78, 5) is 31.6. The van der Waals surface area contributed by atoms with E-state index in [2.05, 4.69) is 76.5 Å². The molecule has 0 bridgehead atoms. The smallest absolute Gasteiger partial charge is 0.318 e. The van der Waals surface area contributed by atoms with Crippen LogP contribution >= 0.6 is 11.6 Å². The van der Waals surface area contributed by atoms with E-state index < -0.39 is 0 Å². The molecule has 1 aromatic heterocycles. The minimum absolute atomic E-state index is 0.180. The van der Waals surface area contributed by atoms with Crippen LogP contribution in [0.3, 0.4) is 0 Å². The Bertz CT molecular complexity index is 1540. The molecule has 1 N–H and O–H groups in total. The average Bonchev–Trinajstić information content (AvgIpc) is 3.46. The Hall–Kier alpha value is -3.81. The van der Waals surface area contributed by atoms with Gasteiger partial charge in [0.2, 0.25) is 0 Å². The van der Waals surface area contributed by atoms with Gasteiger partial charge in [-0.25, -0.2) is 4.79 Å². The monoisotopic (exact) mass is 616 g/mol. The van der Waals surface area contributed by atoms with E-state index in [1.165, 1.54) is 28.4 Å². The van der Waals surface area contributed by atoms with Crippen LogP contribution in [0.4, 0.5) is 16.3 Å². The number of nitriles is 1. The first-order chi connectivity index (χ1) is 21.5. The molecule has 0 aliphatic carbocycles. The molecule has 10 nitrogen and oxygen atoms in total. The Labute approximate surface area is 264 Å². The fourth-order valence-corrected chi connectivity index (χ4v) is 7.00. The molecular weight excluding hydrogens is 576 g/mol. The van der Waals surface area contributed by atoms with Crippen LogP contribution in [0.5, 0.6) is 6.01 Å². The number of hydrogen-bond acceptors (Lipinski definition) is 8. The molecule has 232 valence electrons. The number of urea groups is 1. The van der Waals surface area contributed by atoms with Crippen LogP contribution in [-0.2, 0) is 13.0 Å². The summed E-state index contributed by atoms with van der Waals surface area (Å²) in [6, 6.07) is 15.5. The van der Waals surface area contributed by atoms with E-state index in [4.69, 9.17) is 26.3 Å². The van der Waals surface area contributed by atoms with Gasteiger partial charge in [0.1, 0.15) is 12.4 Å². The highest BCUT2D eigenvalue weighted by molar-refractivity contribution is 6.18. The van der Waals surface area contributed by atoms with Crippen LogP contribution in [0.2, 0.25) is 0 Å². The van der Waals surface area contributed by atoms with Crippen LogP contribution in [0.15, 0.2) is 36.4 Å². The number of benzene rings is 2. The van der Waals surface area contributed by atoms with Gasteiger partial charge in [0.05, 0.1) is 30.8 Å². The third kappa shape index (κ3) is 6.21. The lowest BCUT2D eigenvalue weighted by molar-refractivity contribution is 0.167. The van der Waals surface area contributed by atoms with E-state index >= 15 is 0 Å². The van der Waals surface area contributed by atoms with Crippen molar-refractivity contribution in [2.45, 2.75) is 51.2 Å². The fourth-order valence-electron chi connectivity index (χ4n) is 6.90. The molecule has 0 radical (unpaired) electrons. The number of aromatic nitrogens is 2. The number of piperazine rings is 1. The third-order valence-electron chi connectivity index (χ3n) is 9.27. The molecule has 2 saturated heterocycles. The number of rotatable bonds is 8. The van der Waals surface area contributed by atoms with E-state index in [1.54, 1.807) is 4.90 Å². The van der Waals surface area contributed by atoms with Crippen molar-refractivity contribution in [1.82, 2.24) is 25.1 Å². The van der Waals surface area contributed by atoms with E-state index in [-0.39, 0.29) is 18.5 Å². The van der Waals surface area contributed by atoms with Crippen molar-refractivity contribution in [2.24, 2.45) is 0 Å². The predicted octanol–water partition coefficient (Wildman–Crippen LogP) is 4.33. The number of fused-ring (bicyclic) bond motifs is 2. The van der Waals surface area contributed by atoms with Gasteiger partial charge in [-0.1, -0.05) is 30.3 Å². The molecule has 44 heavy (non-hydrogen) atoms. The SMILES string of the molecule is Cc1cccc2cccc(N3CCc4c(nc(OCC5CCCN5C)nc4N4CCN(C(=O)NCCCl)C(CC#N)C4)C3)c12. The summed E-state index contributed by atoms with van der Waals surface area (Å²) in [6.07, 6.45) is 3.30. The Kier molecular flexibility index (Phi) is 9.24. The Morgan fingerprint density at radius 1 is 1.11 bits per heavy atom. The van der Waals surface area contributed by atoms with Gasteiger partial charge in [-0.05, 0) is 56.8 Å². The number of halogens is 1. The van der Waals surface area contributed by atoms with Crippen molar-refractivity contribution >= 4 is 39.9 Å². The fraction of sp³-hybridized carbons (Fsp3) is 0.515. The number of nitrogens with zero attached hydrogens (tertiary/aromatic N) is 7. The number of likely N-dealkylation sites (tertiary alicyclic amines) is 1. The van der Waals surface area contributed by atoms with Crippen molar-refractivity contribution in [3.8, 4) is 12.1 Å². The van der Waals surface area contributed by atoms with Gasteiger partial charge in [0.15, 0.2) is 0 Å². The topological polar surface area (TPSA) is 101 Å². The maximum absolute atomic E-state index is 12.9. The molecule has 3 aliphatic rings. The number of likely N-dealkylation sites (N-methyl/N-ethyl adjacent to an activating group) is 1. The van der Waals surface area contributed by atoms with E-state index in [0.717, 1.165) is 43.0 Å². The number of ether oxygens (including phenoxy) is 1. The minimum Gasteiger partial charge on any atom is -0.462 e. The summed E-state index contributed by atoms with van der Waals surface area (Å²) < 4.78 is 6.32. The number of amides is 2. The summed E-state index contributed by atoms with van der Waals surface area (Å²) in [5.74, 6) is 1.21. The molecular formula is C33H41ClN8O2. The van der Waals surface area contributed by atoms with Crippen LogP contribution in [0, 0.1) is 18.3 Å². The molecule has 6 rings (SSSR count). The lowest BCUT2D eigenvalue weighted by Crippen LogP contribution is -2.58. The van der Waals surface area contributed by atoms with Crippen molar-refractivity contribution in [1.29, 1.82) is 5.26 Å². The van der Waals surface area contributed by atoms with Gasteiger partial charge in [-0.15, -0.1) is 11.6 Å². The molecule has 3 aliphatic heterocycles. The zero-order chi connectivity index (χ0) is 30.6. The maximum atomic E-state index is 12.9. The standard InChI is InChI=1S/C33H41ClN8O2/c1-23-6-3-7-24-8-4-10-29(30(23)24)40-17-12-27-28(21-40)37-32(44-22-26-9-5-16-39(26)2)38-31(27)41-18-19-42(25(20-41)11-14-35)33(43)36-15-13-34/h3-4,6-8,10,25-26H,5,9,11-13,15-22H2,1-2H3,(H,36,43). The molecule has 11 heteroatoms. The largest absolute Gasteiger partial charge is 0.462 e. The van der Waals surface area contributed by atoms with Crippen LogP contribution < -0.4 is 19.9 Å². The number of aryl methyl sites for hydroxylation is 1. The van der Waals surface area contributed by atoms with E-state index in [1.807, 2.05) is 0 Å². The van der Waals surface area contributed by atoms with Crippen molar-refractivity contribution in [3.05, 3.63) is 53.2 Å². The Morgan fingerprint density at radius 2 is 1.95 bits per heavy atom. The third-order valence-corrected chi connectivity index (χ3v) is 9.46. The Morgan fingerprint density at radius 3 is 2.73 bits per heavy atom. The molecule has 2 fully saturated rings. The summed E-state index contributed by atoms with van der Waals surface area (Å²) in [7, 11) is 2.14. The second-order valence-electron chi connectivity index (χ2n) is 12.0. The van der Waals surface area contributed by atoms with Gasteiger partial charge in [-0.2, -0.15) is 15.2 Å². The van der Waals surface area contributed by atoms with Crippen molar-refractivity contribution in [3.63, 3.8) is 0 Å². The zero-order valence-corrected chi connectivity index (χ0v) is 26.4. The summed E-state index contributed by atoms with van der Waals surface area (Å²) in [5.41, 5.74) is 4.57. The normalized spacial score (nSPS) is 20.5. The van der Waals surface area contributed by atoms with Crippen LogP contribution in [0.25, 0.3) is 10.8 Å². The molecule has 2 aromatic carbocycles. The quantitative estimate of drug-likeness (QED) is 0.374. The highest BCUT2D eigenvalue weighted by atomic mass is 35.5. The number of carbonyl (C=O) groups excluding carboxylic acids is 1. The second kappa shape index (κ2) is 13.4. The van der Waals surface area contributed by atoms with Crippen molar-refractivity contribution < 1.29 is 9.53 Å². The molecule has 2 atom stereocenters. The lowest BCUT2D eigenvalue weighted by atomic mass is 9.99. The summed E-state index contributed by atoms with van der Waals surface area (Å²) in [6.45, 7) is 7.29. The second-order valence-corrected chi connectivity index (χ2v) is 12.4. The van der Waals surface area contributed by atoms with Gasteiger partial charge >= 0.3 is 12.0 Å². The van der Waals surface area contributed by atoms with Gasteiger partial charge in [-0.3, -0.25) is 0 Å². The van der Waals surface area contributed by atoms with Gasteiger partial charge in [0, 0.05) is 61.3 Å². The first kappa shape index (κ1) is 30.2. The maximum Gasteiger partial charge on any atom is 0.318 e.